The summed E-state index contributed by atoms with van der Waals surface area (Å²) >= 11 is 1.75. The molecule has 1 aliphatic heterocycles. The van der Waals surface area contributed by atoms with Gasteiger partial charge in [0.1, 0.15) is 5.82 Å². The summed E-state index contributed by atoms with van der Waals surface area (Å²) in [4.78, 5) is 9.37. The van der Waals surface area contributed by atoms with Crippen molar-refractivity contribution in [1.82, 2.24) is 20.1 Å². The number of hydrogen-bond acceptors (Lipinski definition) is 5. The summed E-state index contributed by atoms with van der Waals surface area (Å²) in [6.07, 6.45) is 5.65. The maximum Gasteiger partial charge on any atom is 0.181 e. The molecule has 8 heteroatoms. The minimum atomic E-state index is -0.759. The van der Waals surface area contributed by atoms with E-state index in [0.717, 1.165) is 36.1 Å². The van der Waals surface area contributed by atoms with E-state index in [1.165, 1.54) is 37.3 Å². The van der Waals surface area contributed by atoms with Crippen LogP contribution in [0.1, 0.15) is 24.1 Å². The highest BCUT2D eigenvalue weighted by molar-refractivity contribution is 7.15. The Labute approximate surface area is 182 Å². The van der Waals surface area contributed by atoms with Crippen LogP contribution in [0.2, 0.25) is 0 Å². The summed E-state index contributed by atoms with van der Waals surface area (Å²) in [5.74, 6) is -1.47. The molecular weight excluding hydrogens is 418 g/mol. The van der Waals surface area contributed by atoms with Gasteiger partial charge in [0.15, 0.2) is 17.2 Å². The van der Waals surface area contributed by atoms with Crippen LogP contribution in [-0.4, -0.2) is 40.3 Å². The average Bonchev–Trinajstić information content (AvgIpc) is 3.40. The number of piperidine rings is 1. The highest BCUT2D eigenvalue weighted by Gasteiger charge is 2.19. The van der Waals surface area contributed by atoms with Crippen LogP contribution in [0.4, 0.5) is 8.78 Å². The van der Waals surface area contributed by atoms with Gasteiger partial charge in [-0.25, -0.2) is 13.8 Å². The van der Waals surface area contributed by atoms with E-state index >= 15 is 0 Å². The second-order valence-corrected chi connectivity index (χ2v) is 8.93. The normalized spacial score (nSPS) is 14.9. The van der Waals surface area contributed by atoms with Crippen LogP contribution in [0.3, 0.4) is 0 Å². The first kappa shape index (κ1) is 20.1. The molecule has 0 unspecified atom stereocenters. The van der Waals surface area contributed by atoms with E-state index in [4.69, 9.17) is 4.74 Å². The van der Waals surface area contributed by atoms with Crippen LogP contribution in [0, 0.1) is 11.6 Å². The summed E-state index contributed by atoms with van der Waals surface area (Å²) in [7, 11) is 1.36. The lowest BCUT2D eigenvalue weighted by atomic mass is 10.1. The van der Waals surface area contributed by atoms with E-state index in [2.05, 4.69) is 32.2 Å². The quantitative estimate of drug-likeness (QED) is 0.437. The number of rotatable bonds is 5. The number of aromatic amines is 1. The Morgan fingerprint density at radius 3 is 2.77 bits per heavy atom. The first-order chi connectivity index (χ1) is 15.1. The molecule has 1 aromatic carbocycles. The molecule has 0 spiro atoms. The minimum Gasteiger partial charge on any atom is -0.493 e. The van der Waals surface area contributed by atoms with Gasteiger partial charge in [-0.2, -0.15) is 5.10 Å². The summed E-state index contributed by atoms with van der Waals surface area (Å²) in [6.45, 7) is 3.29. The molecule has 3 aromatic heterocycles. The zero-order valence-corrected chi connectivity index (χ0v) is 17.9. The van der Waals surface area contributed by atoms with E-state index in [9.17, 15) is 8.78 Å². The molecule has 1 aliphatic rings. The molecule has 1 N–H and O–H groups in total. The van der Waals surface area contributed by atoms with Crippen molar-refractivity contribution in [1.29, 1.82) is 0 Å². The maximum atomic E-state index is 14.2. The molecule has 4 heterocycles. The minimum absolute atomic E-state index is 0.0303. The lowest BCUT2D eigenvalue weighted by molar-refractivity contribution is 0.222. The Morgan fingerprint density at radius 1 is 1.13 bits per heavy atom. The Morgan fingerprint density at radius 2 is 1.97 bits per heavy atom. The fraction of sp³-hybridized carbons (Fsp3) is 0.304. The zero-order valence-electron chi connectivity index (χ0n) is 17.1. The molecule has 0 saturated carbocycles. The van der Waals surface area contributed by atoms with Gasteiger partial charge in [0.2, 0.25) is 0 Å². The van der Waals surface area contributed by atoms with Gasteiger partial charge in [-0.15, -0.1) is 11.3 Å². The van der Waals surface area contributed by atoms with Crippen LogP contribution >= 0.6 is 11.3 Å². The van der Waals surface area contributed by atoms with Crippen molar-refractivity contribution in [3.05, 3.63) is 53.0 Å². The Kier molecular flexibility index (Phi) is 5.41. The van der Waals surface area contributed by atoms with E-state index in [1.54, 1.807) is 17.5 Å². The summed E-state index contributed by atoms with van der Waals surface area (Å²) in [6, 6.07) is 8.28. The first-order valence-corrected chi connectivity index (χ1v) is 11.1. The molecular formula is C23H22F2N4OS. The number of ether oxygens (including phenoxy) is 1. The summed E-state index contributed by atoms with van der Waals surface area (Å²) in [5, 5.41) is 7.76. The molecule has 31 heavy (non-hydrogen) atoms. The number of nitrogens with one attached hydrogen (secondary N) is 1. The smallest absolute Gasteiger partial charge is 0.181 e. The molecule has 0 amide bonds. The molecule has 1 fully saturated rings. The molecule has 5 rings (SSSR count). The maximum absolute atomic E-state index is 14.2. The summed E-state index contributed by atoms with van der Waals surface area (Å²) in [5.41, 5.74) is 2.18. The summed E-state index contributed by atoms with van der Waals surface area (Å²) < 4.78 is 33.3. The number of methoxy groups -OCH3 is 1. The number of benzene rings is 1. The van der Waals surface area contributed by atoms with Gasteiger partial charge in [0.25, 0.3) is 0 Å². The molecule has 4 aromatic rings. The molecule has 0 radical (unpaired) electrons. The number of aromatic nitrogens is 3. The Hall–Kier alpha value is -2.84. The molecule has 5 nitrogen and oxygen atoms in total. The second-order valence-electron chi connectivity index (χ2n) is 7.76. The first-order valence-electron chi connectivity index (χ1n) is 10.3. The lowest BCUT2D eigenvalue weighted by Gasteiger charge is -2.25. The third kappa shape index (κ3) is 3.93. The van der Waals surface area contributed by atoms with E-state index in [0.29, 0.717) is 16.7 Å². The number of pyridine rings is 1. The monoisotopic (exact) mass is 440 g/mol. The van der Waals surface area contributed by atoms with Gasteiger partial charge in [-0.3, -0.25) is 10.00 Å². The standard InChI is InChI=1S/C23H22F2N4OS/c1-30-22-17(10-15(24)11-19(22)25)21-18-9-14(12-26-23(18)28-27-21)20-6-5-16(31-20)13-29-7-3-2-4-8-29/h5-6,9-12H,2-4,7-8,13H2,1H3,(H,26,27,28). The van der Waals surface area contributed by atoms with Gasteiger partial charge < -0.3 is 4.74 Å². The fourth-order valence-corrected chi connectivity index (χ4v) is 5.18. The third-order valence-corrected chi connectivity index (χ3v) is 6.78. The van der Waals surface area contributed by atoms with Crippen molar-refractivity contribution in [2.75, 3.05) is 20.2 Å². The fourth-order valence-electron chi connectivity index (χ4n) is 4.15. The van der Waals surface area contributed by atoms with Crippen molar-refractivity contribution in [3.63, 3.8) is 0 Å². The topological polar surface area (TPSA) is 54.0 Å². The second kappa shape index (κ2) is 8.36. The van der Waals surface area contributed by atoms with E-state index in [1.807, 2.05) is 6.07 Å². The SMILES string of the molecule is COc1c(F)cc(F)cc1-c1[nH]nc2ncc(-c3ccc(CN4CCCCC4)s3)cc12. The van der Waals surface area contributed by atoms with Crippen molar-refractivity contribution in [2.24, 2.45) is 0 Å². The third-order valence-electron chi connectivity index (χ3n) is 5.67. The van der Waals surface area contributed by atoms with E-state index < -0.39 is 11.6 Å². The molecule has 0 bridgehead atoms. The Bertz CT molecular complexity index is 1230. The predicted molar refractivity (Wildman–Crippen MR) is 118 cm³/mol. The highest BCUT2D eigenvalue weighted by atomic mass is 32.1. The molecule has 1 saturated heterocycles. The number of thiophene rings is 1. The highest BCUT2D eigenvalue weighted by Crippen LogP contribution is 2.37. The van der Waals surface area contributed by atoms with Gasteiger partial charge in [0, 0.05) is 45.1 Å². The van der Waals surface area contributed by atoms with Gasteiger partial charge in [-0.05, 0) is 50.2 Å². The van der Waals surface area contributed by atoms with E-state index in [-0.39, 0.29) is 11.3 Å². The number of nitrogens with zero attached hydrogens (tertiary/aromatic N) is 3. The Balaban J connectivity index is 1.50. The lowest BCUT2D eigenvalue weighted by Crippen LogP contribution is -2.28. The number of fused-ring (bicyclic) bond motifs is 1. The number of halogens is 2. The van der Waals surface area contributed by atoms with Crippen molar-refractivity contribution in [2.45, 2.75) is 25.8 Å². The number of likely N-dealkylation sites (tertiary alicyclic amines) is 1. The molecule has 0 aliphatic carbocycles. The van der Waals surface area contributed by atoms with Crippen molar-refractivity contribution < 1.29 is 13.5 Å². The number of H-pyrrole nitrogens is 1. The largest absolute Gasteiger partial charge is 0.493 e. The van der Waals surface area contributed by atoms with Crippen LogP contribution in [0.25, 0.3) is 32.7 Å². The van der Waals surface area contributed by atoms with Crippen LogP contribution in [0.5, 0.6) is 5.75 Å². The van der Waals surface area contributed by atoms with Crippen molar-refractivity contribution >= 4 is 22.4 Å². The van der Waals surface area contributed by atoms with Crippen LogP contribution < -0.4 is 4.74 Å². The van der Waals surface area contributed by atoms with Crippen LogP contribution in [0.15, 0.2) is 36.5 Å². The van der Waals surface area contributed by atoms with Crippen LogP contribution in [-0.2, 0) is 6.54 Å². The zero-order chi connectivity index (χ0) is 21.4. The number of hydrogen-bond donors (Lipinski definition) is 1. The van der Waals surface area contributed by atoms with Crippen molar-refractivity contribution in [3.8, 4) is 27.4 Å². The van der Waals surface area contributed by atoms with Gasteiger partial charge in [0.05, 0.1) is 12.8 Å². The molecule has 160 valence electrons. The van der Waals surface area contributed by atoms with Gasteiger partial charge >= 0.3 is 0 Å². The van der Waals surface area contributed by atoms with Gasteiger partial charge in [-0.1, -0.05) is 6.42 Å². The molecule has 0 atom stereocenters. The predicted octanol–water partition coefficient (Wildman–Crippen LogP) is 5.63. The average molecular weight is 441 g/mol.